The highest BCUT2D eigenvalue weighted by atomic mass is 35.5. The maximum Gasteiger partial charge on any atom is 0.335 e. The molecule has 2 rings (SSSR count). The fraction of sp³-hybridized carbons (Fsp3) is 0. The molecule has 108 valence electrons. The lowest BCUT2D eigenvalue weighted by Gasteiger charge is -2.11. The van der Waals surface area contributed by atoms with E-state index >= 15 is 0 Å². The molecule has 0 radical (unpaired) electrons. The van der Waals surface area contributed by atoms with Crippen LogP contribution in [0.5, 0.6) is 0 Å². The number of pyridine rings is 1. The molecule has 0 aliphatic rings. The second-order valence-electron chi connectivity index (χ2n) is 3.94. The van der Waals surface area contributed by atoms with Crippen LogP contribution >= 0.6 is 23.2 Å². The molecule has 3 N–H and O–H groups in total. The third-order valence-corrected chi connectivity index (χ3v) is 3.04. The maximum absolute atomic E-state index is 11.8. The number of aromatic nitrogens is 1. The minimum atomic E-state index is -1.16. The van der Waals surface area contributed by atoms with E-state index in [9.17, 15) is 9.59 Å². The Hall–Kier alpha value is -2.31. The van der Waals surface area contributed by atoms with Gasteiger partial charge in [0, 0.05) is 6.20 Å². The molecule has 0 aliphatic carbocycles. The summed E-state index contributed by atoms with van der Waals surface area (Å²) in [4.78, 5) is 26.5. The number of anilines is 2. The maximum atomic E-state index is 11.8. The van der Waals surface area contributed by atoms with Crippen LogP contribution in [0.1, 0.15) is 10.4 Å². The van der Waals surface area contributed by atoms with Gasteiger partial charge in [0.15, 0.2) is 0 Å². The topological polar surface area (TPSA) is 91.3 Å². The quantitative estimate of drug-likeness (QED) is 0.801. The van der Waals surface area contributed by atoms with Gasteiger partial charge in [-0.1, -0.05) is 23.2 Å². The first-order valence-corrected chi connectivity index (χ1v) is 6.43. The molecule has 0 saturated heterocycles. The van der Waals surface area contributed by atoms with Gasteiger partial charge in [0.2, 0.25) is 0 Å². The van der Waals surface area contributed by atoms with Crippen molar-refractivity contribution in [2.45, 2.75) is 0 Å². The van der Waals surface area contributed by atoms with Crippen LogP contribution in [0, 0.1) is 0 Å². The summed E-state index contributed by atoms with van der Waals surface area (Å²) in [6.45, 7) is 0. The van der Waals surface area contributed by atoms with Gasteiger partial charge in [-0.3, -0.25) is 4.98 Å². The van der Waals surface area contributed by atoms with Crippen LogP contribution in [-0.4, -0.2) is 22.1 Å². The van der Waals surface area contributed by atoms with Crippen molar-refractivity contribution in [1.29, 1.82) is 0 Å². The molecule has 0 fully saturated rings. The summed E-state index contributed by atoms with van der Waals surface area (Å²) in [6, 6.07) is 5.15. The van der Waals surface area contributed by atoms with E-state index in [0.717, 1.165) is 0 Å². The molecular weight excluding hydrogens is 317 g/mol. The fourth-order valence-electron chi connectivity index (χ4n) is 1.53. The minimum Gasteiger partial charge on any atom is -0.478 e. The lowest BCUT2D eigenvalue weighted by atomic mass is 10.2. The third kappa shape index (κ3) is 3.84. The Kier molecular flexibility index (Phi) is 4.62. The van der Waals surface area contributed by atoms with Crippen molar-refractivity contribution in [2.24, 2.45) is 0 Å². The SMILES string of the molecule is O=C(Nc1cccnc1)Nc1c(Cl)cc(C(=O)O)cc1Cl. The van der Waals surface area contributed by atoms with Gasteiger partial charge in [-0.25, -0.2) is 9.59 Å². The third-order valence-electron chi connectivity index (χ3n) is 2.45. The van der Waals surface area contributed by atoms with Gasteiger partial charge in [-0.15, -0.1) is 0 Å². The van der Waals surface area contributed by atoms with Gasteiger partial charge in [0.25, 0.3) is 0 Å². The number of amides is 2. The zero-order valence-electron chi connectivity index (χ0n) is 10.4. The zero-order chi connectivity index (χ0) is 15.4. The van der Waals surface area contributed by atoms with Gasteiger partial charge in [-0.2, -0.15) is 0 Å². The predicted octanol–water partition coefficient (Wildman–Crippen LogP) is 3.73. The van der Waals surface area contributed by atoms with E-state index < -0.39 is 12.0 Å². The van der Waals surface area contributed by atoms with Crippen molar-refractivity contribution in [3.05, 3.63) is 52.3 Å². The Morgan fingerprint density at radius 2 is 1.81 bits per heavy atom. The van der Waals surface area contributed by atoms with Crippen molar-refractivity contribution in [2.75, 3.05) is 10.6 Å². The number of carbonyl (C=O) groups is 2. The summed E-state index contributed by atoms with van der Waals surface area (Å²) in [7, 11) is 0. The average molecular weight is 326 g/mol. The van der Waals surface area contributed by atoms with E-state index in [0.29, 0.717) is 5.69 Å². The molecule has 2 amide bonds. The molecule has 0 unspecified atom stereocenters. The average Bonchev–Trinajstić information content (AvgIpc) is 2.43. The van der Waals surface area contributed by atoms with Crippen molar-refractivity contribution in [3.63, 3.8) is 0 Å². The van der Waals surface area contributed by atoms with Gasteiger partial charge < -0.3 is 15.7 Å². The van der Waals surface area contributed by atoms with Crippen LogP contribution < -0.4 is 10.6 Å². The Morgan fingerprint density at radius 1 is 1.14 bits per heavy atom. The van der Waals surface area contributed by atoms with Crippen molar-refractivity contribution < 1.29 is 14.7 Å². The molecule has 2 aromatic rings. The fourth-order valence-corrected chi connectivity index (χ4v) is 2.11. The largest absolute Gasteiger partial charge is 0.478 e. The van der Waals surface area contributed by atoms with E-state index in [-0.39, 0.29) is 21.3 Å². The van der Waals surface area contributed by atoms with Gasteiger partial charge in [0.1, 0.15) is 0 Å². The Bertz CT molecular complexity index is 669. The van der Waals surface area contributed by atoms with Gasteiger partial charge >= 0.3 is 12.0 Å². The van der Waals surface area contributed by atoms with Gasteiger partial charge in [0.05, 0.1) is 33.2 Å². The number of carboxylic acids is 1. The summed E-state index contributed by atoms with van der Waals surface area (Å²) >= 11 is 11.8. The number of aromatic carboxylic acids is 1. The van der Waals surface area contributed by atoms with Crippen molar-refractivity contribution in [1.82, 2.24) is 4.98 Å². The minimum absolute atomic E-state index is 0.0289. The second-order valence-corrected chi connectivity index (χ2v) is 4.76. The number of halogens is 2. The van der Waals surface area contributed by atoms with Crippen LogP contribution in [0.15, 0.2) is 36.7 Å². The van der Waals surface area contributed by atoms with E-state index in [1.807, 2.05) is 0 Å². The number of rotatable bonds is 3. The van der Waals surface area contributed by atoms with Crippen LogP contribution in [0.2, 0.25) is 10.0 Å². The molecule has 0 atom stereocenters. The van der Waals surface area contributed by atoms with Crippen molar-refractivity contribution in [3.8, 4) is 0 Å². The molecule has 8 heteroatoms. The van der Waals surface area contributed by atoms with Crippen LogP contribution in [-0.2, 0) is 0 Å². The predicted molar refractivity (Wildman–Crippen MR) is 80.3 cm³/mol. The molecule has 0 saturated carbocycles. The monoisotopic (exact) mass is 325 g/mol. The summed E-state index contributed by atoms with van der Waals surface area (Å²) in [5, 5.41) is 13.9. The highest BCUT2D eigenvalue weighted by Crippen LogP contribution is 2.32. The molecule has 0 aliphatic heterocycles. The smallest absolute Gasteiger partial charge is 0.335 e. The van der Waals surface area contributed by atoms with Crippen molar-refractivity contribution >= 4 is 46.6 Å². The zero-order valence-corrected chi connectivity index (χ0v) is 11.9. The number of nitrogens with zero attached hydrogens (tertiary/aromatic N) is 1. The molecule has 1 aromatic carbocycles. The molecular formula is C13H9Cl2N3O3. The van der Waals surface area contributed by atoms with E-state index in [1.54, 1.807) is 18.3 Å². The molecule has 1 aromatic heterocycles. The van der Waals surface area contributed by atoms with Crippen LogP contribution in [0.3, 0.4) is 0 Å². The normalized spacial score (nSPS) is 10.0. The number of carbonyl (C=O) groups excluding carboxylic acids is 1. The van der Waals surface area contributed by atoms with E-state index in [4.69, 9.17) is 28.3 Å². The Balaban J connectivity index is 2.16. The first kappa shape index (κ1) is 15.1. The summed E-state index contributed by atoms with van der Waals surface area (Å²) < 4.78 is 0. The standard InChI is InChI=1S/C13H9Cl2N3O3/c14-9-4-7(12(19)20)5-10(15)11(9)18-13(21)17-8-2-1-3-16-6-8/h1-6H,(H,19,20)(H2,17,18,21). The summed E-state index contributed by atoms with van der Waals surface area (Å²) in [6.07, 6.45) is 3.04. The molecule has 6 nitrogen and oxygen atoms in total. The number of urea groups is 1. The lowest BCUT2D eigenvalue weighted by molar-refractivity contribution is 0.0697. The summed E-state index contributed by atoms with van der Waals surface area (Å²) in [5.74, 6) is -1.16. The number of benzene rings is 1. The number of nitrogens with one attached hydrogen (secondary N) is 2. The van der Waals surface area contributed by atoms with E-state index in [2.05, 4.69) is 15.6 Å². The van der Waals surface area contributed by atoms with E-state index in [1.165, 1.54) is 18.3 Å². The second kappa shape index (κ2) is 6.43. The van der Waals surface area contributed by atoms with Crippen LogP contribution in [0.25, 0.3) is 0 Å². The number of hydrogen-bond acceptors (Lipinski definition) is 3. The molecule has 0 bridgehead atoms. The summed E-state index contributed by atoms with van der Waals surface area (Å²) in [5.41, 5.74) is 0.553. The Labute approximate surface area is 129 Å². The van der Waals surface area contributed by atoms with Gasteiger partial charge in [-0.05, 0) is 24.3 Å². The highest BCUT2D eigenvalue weighted by molar-refractivity contribution is 6.40. The molecule has 1 heterocycles. The Morgan fingerprint density at radius 3 is 2.33 bits per heavy atom. The first-order chi connectivity index (χ1) is 9.97. The molecule has 0 spiro atoms. The number of carboxylic acid groups (broad SMARTS) is 1. The molecule has 21 heavy (non-hydrogen) atoms. The lowest BCUT2D eigenvalue weighted by Crippen LogP contribution is -2.20. The van der Waals surface area contributed by atoms with Crippen LogP contribution in [0.4, 0.5) is 16.2 Å². The first-order valence-electron chi connectivity index (χ1n) is 5.67. The highest BCUT2D eigenvalue weighted by Gasteiger charge is 2.14. The number of hydrogen-bond donors (Lipinski definition) is 3.